The van der Waals surface area contributed by atoms with Crippen molar-refractivity contribution in [2.45, 2.75) is 32.5 Å². The number of pyridine rings is 1. The summed E-state index contributed by atoms with van der Waals surface area (Å²) in [6.07, 6.45) is -3.09. The Labute approximate surface area is 177 Å². The number of carbonyl (C=O) groups is 1. The zero-order valence-electron chi connectivity index (χ0n) is 16.8. The summed E-state index contributed by atoms with van der Waals surface area (Å²) in [6, 6.07) is 16.1. The van der Waals surface area contributed by atoms with Gasteiger partial charge in [0, 0.05) is 6.20 Å². The largest absolute Gasteiger partial charge is 0.573 e. The van der Waals surface area contributed by atoms with Crippen LogP contribution in [-0.2, 0) is 6.54 Å². The van der Waals surface area contributed by atoms with Crippen molar-refractivity contribution < 1.29 is 27.4 Å². The van der Waals surface area contributed by atoms with E-state index in [0.29, 0.717) is 22.4 Å². The van der Waals surface area contributed by atoms with Crippen molar-refractivity contribution in [3.8, 4) is 22.6 Å². The van der Waals surface area contributed by atoms with Crippen LogP contribution < -0.4 is 9.47 Å². The van der Waals surface area contributed by atoms with E-state index >= 15 is 0 Å². The second-order valence-corrected chi connectivity index (χ2v) is 7.54. The first-order valence-electron chi connectivity index (χ1n) is 9.53. The van der Waals surface area contributed by atoms with Gasteiger partial charge in [-0.3, -0.25) is 14.7 Å². The summed E-state index contributed by atoms with van der Waals surface area (Å²) in [6.45, 7) is 3.90. The van der Waals surface area contributed by atoms with Crippen LogP contribution in [-0.4, -0.2) is 27.9 Å². The predicted molar refractivity (Wildman–Crippen MR) is 107 cm³/mol. The van der Waals surface area contributed by atoms with Gasteiger partial charge in [-0.05, 0) is 61.4 Å². The molecule has 2 heterocycles. The average Bonchev–Trinajstić information content (AvgIpc) is 2.71. The first-order valence-corrected chi connectivity index (χ1v) is 9.53. The van der Waals surface area contributed by atoms with Crippen LogP contribution in [0.5, 0.6) is 11.5 Å². The number of ether oxygens (including phenoxy) is 2. The molecule has 1 aliphatic rings. The molecule has 1 aliphatic heterocycles. The fourth-order valence-electron chi connectivity index (χ4n) is 3.44. The summed E-state index contributed by atoms with van der Waals surface area (Å²) in [5.74, 6) is -0.0688. The lowest BCUT2D eigenvalue weighted by atomic mass is 9.99. The van der Waals surface area contributed by atoms with Crippen molar-refractivity contribution in [2.75, 3.05) is 0 Å². The molecule has 4 rings (SSSR count). The number of hydrogen-bond acceptors (Lipinski definition) is 4. The van der Waals surface area contributed by atoms with Gasteiger partial charge in [0.05, 0.1) is 17.8 Å². The van der Waals surface area contributed by atoms with Gasteiger partial charge in [-0.2, -0.15) is 0 Å². The summed E-state index contributed by atoms with van der Waals surface area (Å²) in [5, 5.41) is 0. The first-order chi connectivity index (χ1) is 14.6. The maximum absolute atomic E-state index is 13.3. The quantitative estimate of drug-likeness (QED) is 0.557. The Kier molecular flexibility index (Phi) is 5.08. The molecule has 0 saturated carbocycles. The van der Waals surface area contributed by atoms with Crippen LogP contribution >= 0.6 is 0 Å². The highest BCUT2D eigenvalue weighted by Crippen LogP contribution is 2.37. The molecule has 0 unspecified atom stereocenters. The number of amides is 1. The molecule has 2 aromatic carbocycles. The van der Waals surface area contributed by atoms with Gasteiger partial charge in [0.15, 0.2) is 5.72 Å². The summed E-state index contributed by atoms with van der Waals surface area (Å²) < 4.78 is 47.1. The molecule has 8 heteroatoms. The SMILES string of the molecule is CC1(C)Oc2ccc(-c3ccc(OC(F)(F)F)cc3)cc2C(=O)N1Cc1ccccn1. The molecular weight excluding hydrogens is 409 g/mol. The van der Waals surface area contributed by atoms with E-state index in [0.717, 1.165) is 5.69 Å². The van der Waals surface area contributed by atoms with Crippen LogP contribution in [0.2, 0.25) is 0 Å². The predicted octanol–water partition coefficient (Wildman–Crippen LogP) is 5.42. The average molecular weight is 428 g/mol. The van der Waals surface area contributed by atoms with E-state index in [4.69, 9.17) is 4.74 Å². The van der Waals surface area contributed by atoms with Crippen LogP contribution in [0.15, 0.2) is 66.9 Å². The number of fused-ring (bicyclic) bond motifs is 1. The third kappa shape index (κ3) is 4.47. The van der Waals surface area contributed by atoms with E-state index in [1.807, 2.05) is 26.0 Å². The van der Waals surface area contributed by atoms with Crippen molar-refractivity contribution in [1.82, 2.24) is 9.88 Å². The van der Waals surface area contributed by atoms with E-state index in [2.05, 4.69) is 9.72 Å². The number of nitrogens with zero attached hydrogens (tertiary/aromatic N) is 2. The Bertz CT molecular complexity index is 1100. The van der Waals surface area contributed by atoms with Gasteiger partial charge in [0.2, 0.25) is 0 Å². The third-order valence-corrected chi connectivity index (χ3v) is 4.93. The van der Waals surface area contributed by atoms with Crippen molar-refractivity contribution in [2.24, 2.45) is 0 Å². The standard InChI is InChI=1S/C23H19F3N2O3/c1-22(2)28(14-17-5-3-4-12-27-17)21(29)19-13-16(8-11-20(19)31-22)15-6-9-18(10-7-15)30-23(24,25)26/h3-13H,14H2,1-2H3. The maximum Gasteiger partial charge on any atom is 0.573 e. The molecule has 0 N–H and O–H groups in total. The Hall–Kier alpha value is -3.55. The Morgan fingerprint density at radius 2 is 1.74 bits per heavy atom. The molecule has 1 amide bonds. The fourth-order valence-corrected chi connectivity index (χ4v) is 3.44. The summed E-state index contributed by atoms with van der Waals surface area (Å²) in [5.41, 5.74) is 1.55. The van der Waals surface area contributed by atoms with Gasteiger partial charge >= 0.3 is 6.36 Å². The molecule has 1 aromatic heterocycles. The molecule has 0 atom stereocenters. The third-order valence-electron chi connectivity index (χ3n) is 4.93. The smallest absolute Gasteiger partial charge is 0.468 e. The Morgan fingerprint density at radius 1 is 1.03 bits per heavy atom. The van der Waals surface area contributed by atoms with Gasteiger partial charge in [-0.25, -0.2) is 0 Å². The summed E-state index contributed by atoms with van der Waals surface area (Å²) in [4.78, 5) is 19.2. The van der Waals surface area contributed by atoms with Crippen molar-refractivity contribution in [3.63, 3.8) is 0 Å². The van der Waals surface area contributed by atoms with E-state index < -0.39 is 12.1 Å². The van der Waals surface area contributed by atoms with Crippen molar-refractivity contribution in [1.29, 1.82) is 0 Å². The lowest BCUT2D eigenvalue weighted by molar-refractivity contribution is -0.274. The van der Waals surface area contributed by atoms with Gasteiger partial charge in [-0.15, -0.1) is 13.2 Å². The second kappa shape index (κ2) is 7.61. The molecule has 0 aliphatic carbocycles. The van der Waals surface area contributed by atoms with Crippen LogP contribution in [0.3, 0.4) is 0 Å². The monoisotopic (exact) mass is 428 g/mol. The molecule has 0 spiro atoms. The number of alkyl halides is 3. The highest BCUT2D eigenvalue weighted by Gasteiger charge is 2.40. The van der Waals surface area contributed by atoms with E-state index in [9.17, 15) is 18.0 Å². The highest BCUT2D eigenvalue weighted by molar-refractivity contribution is 5.99. The molecule has 0 saturated heterocycles. The van der Waals surface area contributed by atoms with E-state index in [-0.39, 0.29) is 18.2 Å². The van der Waals surface area contributed by atoms with Gasteiger partial charge in [0.1, 0.15) is 11.5 Å². The van der Waals surface area contributed by atoms with E-state index in [1.54, 1.807) is 35.4 Å². The minimum Gasteiger partial charge on any atom is -0.468 e. The molecule has 160 valence electrons. The van der Waals surface area contributed by atoms with Crippen LogP contribution in [0, 0.1) is 0 Å². The molecule has 5 nitrogen and oxygen atoms in total. The van der Waals surface area contributed by atoms with E-state index in [1.165, 1.54) is 24.3 Å². The number of halogens is 3. The number of aromatic nitrogens is 1. The van der Waals surface area contributed by atoms with Crippen LogP contribution in [0.4, 0.5) is 13.2 Å². The zero-order chi connectivity index (χ0) is 22.2. The molecule has 0 fully saturated rings. The highest BCUT2D eigenvalue weighted by atomic mass is 19.4. The first kappa shape index (κ1) is 20.7. The molecule has 31 heavy (non-hydrogen) atoms. The number of carbonyl (C=O) groups excluding carboxylic acids is 1. The Morgan fingerprint density at radius 3 is 2.39 bits per heavy atom. The molecular formula is C23H19F3N2O3. The molecule has 0 bridgehead atoms. The van der Waals surface area contributed by atoms with Crippen molar-refractivity contribution >= 4 is 5.91 Å². The number of rotatable bonds is 4. The minimum atomic E-state index is -4.75. The lowest BCUT2D eigenvalue weighted by Gasteiger charge is -2.42. The summed E-state index contributed by atoms with van der Waals surface area (Å²) >= 11 is 0. The summed E-state index contributed by atoms with van der Waals surface area (Å²) in [7, 11) is 0. The normalized spacial score (nSPS) is 15.3. The topological polar surface area (TPSA) is 51.7 Å². The van der Waals surface area contributed by atoms with Crippen molar-refractivity contribution in [3.05, 3.63) is 78.1 Å². The maximum atomic E-state index is 13.3. The molecule has 3 aromatic rings. The van der Waals surface area contributed by atoms with Gasteiger partial charge < -0.3 is 9.47 Å². The van der Waals surface area contributed by atoms with Crippen LogP contribution in [0.25, 0.3) is 11.1 Å². The van der Waals surface area contributed by atoms with Gasteiger partial charge in [0.25, 0.3) is 5.91 Å². The zero-order valence-corrected chi connectivity index (χ0v) is 16.8. The Balaban J connectivity index is 1.63. The minimum absolute atomic E-state index is 0.212. The second-order valence-electron chi connectivity index (χ2n) is 7.54. The van der Waals surface area contributed by atoms with Gasteiger partial charge in [-0.1, -0.05) is 24.3 Å². The lowest BCUT2D eigenvalue weighted by Crippen LogP contribution is -2.54. The van der Waals surface area contributed by atoms with Crippen LogP contribution in [0.1, 0.15) is 29.9 Å². The fraction of sp³-hybridized carbons (Fsp3) is 0.217. The molecule has 0 radical (unpaired) electrons. The number of hydrogen-bond donors (Lipinski definition) is 0. The number of benzene rings is 2.